The van der Waals surface area contributed by atoms with Crippen LogP contribution in [0.25, 0.3) is 0 Å². The molecular weight excluding hydrogens is 160 g/mol. The van der Waals surface area contributed by atoms with Gasteiger partial charge in [0, 0.05) is 14.1 Å². The summed E-state index contributed by atoms with van der Waals surface area (Å²) in [6.07, 6.45) is 0. The Balaban J connectivity index is 3.60. The van der Waals surface area contributed by atoms with Crippen LogP contribution < -0.4 is 5.69 Å². The Morgan fingerprint density at radius 1 is 1.33 bits per heavy atom. The van der Waals surface area contributed by atoms with E-state index in [0.717, 1.165) is 4.57 Å². The van der Waals surface area contributed by atoms with Gasteiger partial charge in [-0.2, -0.15) is 0 Å². The van der Waals surface area contributed by atoms with Crippen LogP contribution in [0.1, 0.15) is 16.2 Å². The fourth-order valence-electron chi connectivity index (χ4n) is 1.16. The Bertz CT molecular complexity index is 386. The summed E-state index contributed by atoms with van der Waals surface area (Å²) < 4.78 is 2.43. The van der Waals surface area contributed by atoms with Crippen LogP contribution in [0, 0.1) is 6.92 Å². The zero-order chi connectivity index (χ0) is 9.46. The molecule has 1 aromatic heterocycles. The number of aromatic nitrogens is 2. The second-order valence-corrected chi connectivity index (χ2v) is 2.64. The number of carbonyl (C=O) groups is 1. The molecule has 1 aromatic rings. The number of carboxylic acids is 1. The molecule has 0 bridgehead atoms. The van der Waals surface area contributed by atoms with Crippen LogP contribution in [-0.4, -0.2) is 20.2 Å². The number of hydrogen-bond acceptors (Lipinski definition) is 2. The van der Waals surface area contributed by atoms with Gasteiger partial charge >= 0.3 is 11.7 Å². The summed E-state index contributed by atoms with van der Waals surface area (Å²) in [7, 11) is 2.99. The molecule has 0 saturated carbocycles. The summed E-state index contributed by atoms with van der Waals surface area (Å²) in [6.45, 7) is 1.60. The number of hydrogen-bond donors (Lipinski definition) is 1. The molecule has 66 valence electrons. The number of aromatic carboxylic acids is 1. The highest BCUT2D eigenvalue weighted by Crippen LogP contribution is 2.02. The Morgan fingerprint density at radius 2 is 1.83 bits per heavy atom. The lowest BCUT2D eigenvalue weighted by Crippen LogP contribution is -2.21. The standard InChI is InChI=1S/C7H10N2O3/c1-4-5(6(10)11)9(3)7(12)8(4)2/h1-3H3,(H,10,11). The average molecular weight is 170 g/mol. The molecule has 12 heavy (non-hydrogen) atoms. The normalized spacial score (nSPS) is 10.2. The fraction of sp³-hybridized carbons (Fsp3) is 0.429. The zero-order valence-corrected chi connectivity index (χ0v) is 7.16. The Kier molecular flexibility index (Phi) is 1.79. The fourth-order valence-corrected chi connectivity index (χ4v) is 1.16. The third-order valence-corrected chi connectivity index (χ3v) is 1.96. The van der Waals surface area contributed by atoms with Gasteiger partial charge in [-0.05, 0) is 6.92 Å². The number of carboxylic acid groups (broad SMARTS) is 1. The van der Waals surface area contributed by atoms with Gasteiger partial charge in [0.15, 0.2) is 5.69 Å². The van der Waals surface area contributed by atoms with E-state index >= 15 is 0 Å². The monoisotopic (exact) mass is 170 g/mol. The molecule has 0 amide bonds. The van der Waals surface area contributed by atoms with Crippen LogP contribution in [0.3, 0.4) is 0 Å². The molecule has 0 radical (unpaired) electrons. The molecule has 1 heterocycles. The van der Waals surface area contributed by atoms with Crippen LogP contribution >= 0.6 is 0 Å². The van der Waals surface area contributed by atoms with E-state index in [9.17, 15) is 9.59 Å². The molecule has 0 aliphatic carbocycles. The summed E-state index contributed by atoms with van der Waals surface area (Å²) >= 11 is 0. The summed E-state index contributed by atoms with van der Waals surface area (Å²) in [5.74, 6) is -1.08. The molecule has 0 aromatic carbocycles. The van der Waals surface area contributed by atoms with Gasteiger partial charge in [-0.25, -0.2) is 9.59 Å². The largest absolute Gasteiger partial charge is 0.477 e. The van der Waals surface area contributed by atoms with E-state index in [1.807, 2.05) is 0 Å². The second-order valence-electron chi connectivity index (χ2n) is 2.64. The highest BCUT2D eigenvalue weighted by molar-refractivity contribution is 5.86. The van der Waals surface area contributed by atoms with Gasteiger partial charge in [0.2, 0.25) is 0 Å². The van der Waals surface area contributed by atoms with E-state index in [2.05, 4.69) is 0 Å². The van der Waals surface area contributed by atoms with E-state index in [-0.39, 0.29) is 11.4 Å². The molecule has 0 fully saturated rings. The van der Waals surface area contributed by atoms with E-state index in [0.29, 0.717) is 5.69 Å². The highest BCUT2D eigenvalue weighted by Gasteiger charge is 2.16. The molecule has 1 rings (SSSR count). The van der Waals surface area contributed by atoms with E-state index in [1.165, 1.54) is 11.6 Å². The van der Waals surface area contributed by atoms with E-state index < -0.39 is 5.97 Å². The van der Waals surface area contributed by atoms with Crippen LogP contribution in [0.4, 0.5) is 0 Å². The molecular formula is C7H10N2O3. The summed E-state index contributed by atoms with van der Waals surface area (Å²) in [4.78, 5) is 21.8. The van der Waals surface area contributed by atoms with E-state index in [4.69, 9.17) is 5.11 Å². The van der Waals surface area contributed by atoms with Gasteiger partial charge in [-0.1, -0.05) is 0 Å². The second kappa shape index (κ2) is 2.51. The predicted octanol–water partition coefficient (Wildman–Crippen LogP) is -0.270. The maximum atomic E-state index is 11.2. The van der Waals surface area contributed by atoms with Crippen molar-refractivity contribution in [3.05, 3.63) is 21.9 Å². The molecule has 0 saturated heterocycles. The van der Waals surface area contributed by atoms with E-state index in [1.54, 1.807) is 14.0 Å². The van der Waals surface area contributed by atoms with Crippen LogP contribution in [0.5, 0.6) is 0 Å². The van der Waals surface area contributed by atoms with Gasteiger partial charge in [0.1, 0.15) is 0 Å². The van der Waals surface area contributed by atoms with Crippen molar-refractivity contribution >= 4 is 5.97 Å². The number of nitrogens with zero attached hydrogens (tertiary/aromatic N) is 2. The first-order chi connectivity index (χ1) is 5.46. The molecule has 0 aliphatic heterocycles. The first-order valence-electron chi connectivity index (χ1n) is 3.42. The Hall–Kier alpha value is -1.52. The van der Waals surface area contributed by atoms with Crippen molar-refractivity contribution in [1.82, 2.24) is 9.13 Å². The molecule has 1 N–H and O–H groups in total. The van der Waals surface area contributed by atoms with Crippen molar-refractivity contribution < 1.29 is 9.90 Å². The SMILES string of the molecule is Cc1c(C(=O)O)n(C)c(=O)n1C. The molecule has 0 unspecified atom stereocenters. The van der Waals surface area contributed by atoms with Crippen molar-refractivity contribution in [2.24, 2.45) is 14.1 Å². The molecule has 5 heteroatoms. The van der Waals surface area contributed by atoms with Crippen molar-refractivity contribution in [2.75, 3.05) is 0 Å². The van der Waals surface area contributed by atoms with Gasteiger partial charge in [0.05, 0.1) is 5.69 Å². The minimum atomic E-state index is -1.08. The maximum absolute atomic E-state index is 11.2. The molecule has 0 spiro atoms. The molecule has 0 aliphatic rings. The Morgan fingerprint density at radius 3 is 2.00 bits per heavy atom. The van der Waals surface area contributed by atoms with Crippen LogP contribution in [0.2, 0.25) is 0 Å². The van der Waals surface area contributed by atoms with Gasteiger partial charge in [-0.15, -0.1) is 0 Å². The lowest BCUT2D eigenvalue weighted by molar-refractivity contribution is 0.0685. The minimum Gasteiger partial charge on any atom is -0.477 e. The maximum Gasteiger partial charge on any atom is 0.354 e. The number of imidazole rings is 1. The van der Waals surface area contributed by atoms with Gasteiger partial charge < -0.3 is 5.11 Å². The van der Waals surface area contributed by atoms with Crippen molar-refractivity contribution in [3.63, 3.8) is 0 Å². The van der Waals surface area contributed by atoms with Crippen molar-refractivity contribution in [1.29, 1.82) is 0 Å². The summed E-state index contributed by atoms with van der Waals surface area (Å²) in [5.41, 5.74) is 0.197. The zero-order valence-electron chi connectivity index (χ0n) is 7.16. The summed E-state index contributed by atoms with van der Waals surface area (Å²) in [5, 5.41) is 8.71. The van der Waals surface area contributed by atoms with Crippen LogP contribution in [-0.2, 0) is 14.1 Å². The third kappa shape index (κ3) is 0.939. The summed E-state index contributed by atoms with van der Waals surface area (Å²) in [6, 6.07) is 0. The highest BCUT2D eigenvalue weighted by atomic mass is 16.4. The van der Waals surface area contributed by atoms with Crippen LogP contribution in [0.15, 0.2) is 4.79 Å². The lowest BCUT2D eigenvalue weighted by atomic mass is 10.3. The first kappa shape index (κ1) is 8.58. The first-order valence-corrected chi connectivity index (χ1v) is 3.42. The Labute approximate surface area is 68.9 Å². The molecule has 0 atom stereocenters. The molecule has 5 nitrogen and oxygen atoms in total. The predicted molar refractivity (Wildman–Crippen MR) is 42.4 cm³/mol. The smallest absolute Gasteiger partial charge is 0.354 e. The quantitative estimate of drug-likeness (QED) is 0.631. The average Bonchev–Trinajstić information content (AvgIpc) is 2.16. The van der Waals surface area contributed by atoms with Crippen molar-refractivity contribution in [3.8, 4) is 0 Å². The van der Waals surface area contributed by atoms with Gasteiger partial charge in [0.25, 0.3) is 0 Å². The number of rotatable bonds is 1. The topological polar surface area (TPSA) is 64.2 Å². The minimum absolute atomic E-state index is 0.0440. The third-order valence-electron chi connectivity index (χ3n) is 1.96. The van der Waals surface area contributed by atoms with Gasteiger partial charge in [-0.3, -0.25) is 9.13 Å². The lowest BCUT2D eigenvalue weighted by Gasteiger charge is -1.94. The van der Waals surface area contributed by atoms with Crippen molar-refractivity contribution in [2.45, 2.75) is 6.92 Å².